The first-order valence-corrected chi connectivity index (χ1v) is 5.58. The number of hydrogen-bond acceptors (Lipinski definition) is 6. The van der Waals surface area contributed by atoms with E-state index in [1.165, 1.54) is 6.07 Å². The summed E-state index contributed by atoms with van der Waals surface area (Å²) < 4.78 is 5.40. The van der Waals surface area contributed by atoms with E-state index in [9.17, 15) is 0 Å². The number of oxazole rings is 1. The van der Waals surface area contributed by atoms with Gasteiger partial charge in [0, 0.05) is 18.6 Å². The Bertz CT molecular complexity index is 816. The van der Waals surface area contributed by atoms with Crippen LogP contribution in [0.4, 0.5) is 5.82 Å². The van der Waals surface area contributed by atoms with E-state index in [0.717, 1.165) is 11.1 Å². The number of rotatable bonds is 1. The number of nitrogens with zero attached hydrogens (tertiary/aromatic N) is 4. The van der Waals surface area contributed by atoms with Crippen LogP contribution in [-0.2, 0) is 0 Å². The average molecular weight is 251 g/mol. The molecular weight excluding hydrogens is 242 g/mol. The van der Waals surface area contributed by atoms with Crippen molar-refractivity contribution in [3.63, 3.8) is 0 Å². The molecule has 2 heterocycles. The summed E-state index contributed by atoms with van der Waals surface area (Å²) in [7, 11) is 0. The molecule has 2 N–H and O–H groups in total. The minimum absolute atomic E-state index is 0.235. The van der Waals surface area contributed by atoms with E-state index in [1.807, 2.05) is 18.2 Å². The van der Waals surface area contributed by atoms with Crippen molar-refractivity contribution in [1.29, 1.82) is 5.26 Å². The maximum atomic E-state index is 8.89. The normalized spacial score (nSPS) is 10.5. The first kappa shape index (κ1) is 11.2. The lowest BCUT2D eigenvalue weighted by molar-refractivity contribution is 0.561. The summed E-state index contributed by atoms with van der Waals surface area (Å²) in [6.07, 6.45) is 0. The molecule has 0 fully saturated rings. The van der Waals surface area contributed by atoms with E-state index >= 15 is 0 Å². The molecule has 2 aromatic heterocycles. The lowest BCUT2D eigenvalue weighted by atomic mass is 10.2. The molecule has 0 aliphatic carbocycles. The van der Waals surface area contributed by atoms with Crippen LogP contribution in [0.15, 0.2) is 28.7 Å². The molecule has 0 amide bonds. The molecule has 0 bridgehead atoms. The standard InChI is InChI=1S/C13H9N5O/c1-7-16-10-4-8(2-3-11(10)19-7)13-17-9(6-14)5-12(15)18-13/h2-5H,1H3,(H2,15,17,18). The van der Waals surface area contributed by atoms with E-state index in [0.29, 0.717) is 17.3 Å². The van der Waals surface area contributed by atoms with E-state index in [4.69, 9.17) is 15.4 Å². The molecule has 0 aliphatic heterocycles. The fraction of sp³-hybridized carbons (Fsp3) is 0.0769. The molecule has 92 valence electrons. The lowest BCUT2D eigenvalue weighted by Crippen LogP contribution is -1.98. The molecule has 0 spiro atoms. The summed E-state index contributed by atoms with van der Waals surface area (Å²) in [4.78, 5) is 12.5. The van der Waals surface area contributed by atoms with Crippen LogP contribution in [0, 0.1) is 18.3 Å². The van der Waals surface area contributed by atoms with Gasteiger partial charge in [-0.1, -0.05) is 0 Å². The highest BCUT2D eigenvalue weighted by atomic mass is 16.3. The van der Waals surface area contributed by atoms with E-state index < -0.39 is 0 Å². The number of nitrogen functional groups attached to an aromatic ring is 1. The minimum atomic E-state index is 0.235. The van der Waals surface area contributed by atoms with E-state index in [1.54, 1.807) is 13.0 Å². The second kappa shape index (κ2) is 4.07. The van der Waals surface area contributed by atoms with Gasteiger partial charge < -0.3 is 10.2 Å². The van der Waals surface area contributed by atoms with Gasteiger partial charge in [-0.25, -0.2) is 15.0 Å². The topological polar surface area (TPSA) is 102 Å². The second-order valence-corrected chi connectivity index (χ2v) is 4.03. The van der Waals surface area contributed by atoms with Crippen LogP contribution in [0.1, 0.15) is 11.6 Å². The van der Waals surface area contributed by atoms with Crippen molar-refractivity contribution < 1.29 is 4.42 Å². The molecule has 6 heteroatoms. The highest BCUT2D eigenvalue weighted by Crippen LogP contribution is 2.23. The molecule has 19 heavy (non-hydrogen) atoms. The number of benzene rings is 1. The fourth-order valence-electron chi connectivity index (χ4n) is 1.83. The summed E-state index contributed by atoms with van der Waals surface area (Å²) in [6, 6.07) is 8.80. The van der Waals surface area contributed by atoms with Crippen LogP contribution in [0.25, 0.3) is 22.5 Å². The van der Waals surface area contributed by atoms with Gasteiger partial charge in [-0.2, -0.15) is 5.26 Å². The predicted molar refractivity (Wildman–Crippen MR) is 68.9 cm³/mol. The number of fused-ring (bicyclic) bond motifs is 1. The Balaban J connectivity index is 2.18. The smallest absolute Gasteiger partial charge is 0.192 e. The molecule has 0 aliphatic rings. The Hall–Kier alpha value is -2.94. The highest BCUT2D eigenvalue weighted by Gasteiger charge is 2.08. The third-order valence-corrected chi connectivity index (χ3v) is 2.61. The average Bonchev–Trinajstić information content (AvgIpc) is 2.76. The van der Waals surface area contributed by atoms with Gasteiger partial charge in [0.2, 0.25) is 0 Å². The first-order valence-electron chi connectivity index (χ1n) is 5.58. The van der Waals surface area contributed by atoms with Crippen LogP contribution in [0.5, 0.6) is 0 Å². The maximum Gasteiger partial charge on any atom is 0.192 e. The first-order chi connectivity index (χ1) is 9.15. The SMILES string of the molecule is Cc1nc2cc(-c3nc(N)cc(C#N)n3)ccc2o1. The maximum absolute atomic E-state index is 8.89. The van der Waals surface area contributed by atoms with Crippen molar-refractivity contribution in [2.24, 2.45) is 0 Å². The minimum Gasteiger partial charge on any atom is -0.441 e. The van der Waals surface area contributed by atoms with Gasteiger partial charge in [0.25, 0.3) is 0 Å². The Labute approximate surface area is 108 Å². The Morgan fingerprint density at radius 2 is 2.05 bits per heavy atom. The van der Waals surface area contributed by atoms with Gasteiger partial charge in [-0.05, 0) is 18.2 Å². The quantitative estimate of drug-likeness (QED) is 0.710. The zero-order valence-electron chi connectivity index (χ0n) is 10.1. The van der Waals surface area contributed by atoms with Crippen LogP contribution in [-0.4, -0.2) is 15.0 Å². The van der Waals surface area contributed by atoms with Gasteiger partial charge in [0.05, 0.1) is 0 Å². The third-order valence-electron chi connectivity index (χ3n) is 2.61. The van der Waals surface area contributed by atoms with Crippen molar-refractivity contribution in [3.8, 4) is 17.5 Å². The number of hydrogen-bond donors (Lipinski definition) is 1. The number of nitriles is 1. The Morgan fingerprint density at radius 1 is 1.21 bits per heavy atom. The van der Waals surface area contributed by atoms with Crippen molar-refractivity contribution in [2.45, 2.75) is 6.92 Å². The van der Waals surface area contributed by atoms with Gasteiger partial charge in [-0.3, -0.25) is 0 Å². The van der Waals surface area contributed by atoms with Crippen LogP contribution < -0.4 is 5.73 Å². The lowest BCUT2D eigenvalue weighted by Gasteiger charge is -2.01. The molecule has 0 atom stereocenters. The van der Waals surface area contributed by atoms with Gasteiger partial charge in [0.15, 0.2) is 17.3 Å². The van der Waals surface area contributed by atoms with Crippen LogP contribution >= 0.6 is 0 Å². The van der Waals surface area contributed by atoms with Gasteiger partial charge >= 0.3 is 0 Å². The summed E-state index contributed by atoms with van der Waals surface area (Å²) in [5, 5.41) is 8.89. The fourth-order valence-corrected chi connectivity index (χ4v) is 1.83. The molecule has 6 nitrogen and oxygen atoms in total. The number of nitrogens with two attached hydrogens (primary N) is 1. The van der Waals surface area contributed by atoms with Crippen LogP contribution in [0.2, 0.25) is 0 Å². The molecule has 3 rings (SSSR count). The zero-order chi connectivity index (χ0) is 13.4. The zero-order valence-corrected chi connectivity index (χ0v) is 10.1. The molecule has 1 aromatic carbocycles. The predicted octanol–water partition coefficient (Wildman–Crippen LogP) is 2.05. The molecule has 0 saturated heterocycles. The summed E-state index contributed by atoms with van der Waals surface area (Å²) in [6.45, 7) is 1.78. The number of aromatic nitrogens is 3. The Morgan fingerprint density at radius 3 is 2.84 bits per heavy atom. The number of anilines is 1. The molecule has 0 saturated carbocycles. The monoisotopic (exact) mass is 251 g/mol. The largest absolute Gasteiger partial charge is 0.441 e. The molecule has 0 radical (unpaired) electrons. The van der Waals surface area contributed by atoms with Crippen molar-refractivity contribution in [2.75, 3.05) is 5.73 Å². The summed E-state index contributed by atoms with van der Waals surface area (Å²) in [5.74, 6) is 1.26. The summed E-state index contributed by atoms with van der Waals surface area (Å²) in [5.41, 5.74) is 8.05. The second-order valence-electron chi connectivity index (χ2n) is 4.03. The van der Waals surface area contributed by atoms with Crippen LogP contribution in [0.3, 0.4) is 0 Å². The molecule has 3 aromatic rings. The van der Waals surface area contributed by atoms with Crippen molar-refractivity contribution >= 4 is 16.9 Å². The van der Waals surface area contributed by atoms with Gasteiger partial charge in [-0.15, -0.1) is 0 Å². The molecule has 0 unspecified atom stereocenters. The van der Waals surface area contributed by atoms with E-state index in [2.05, 4.69) is 15.0 Å². The summed E-state index contributed by atoms with van der Waals surface area (Å²) >= 11 is 0. The Kier molecular flexibility index (Phi) is 2.39. The van der Waals surface area contributed by atoms with Crippen molar-refractivity contribution in [3.05, 3.63) is 35.9 Å². The highest BCUT2D eigenvalue weighted by molar-refractivity contribution is 5.78. The number of aryl methyl sites for hydroxylation is 1. The van der Waals surface area contributed by atoms with E-state index in [-0.39, 0.29) is 11.5 Å². The third kappa shape index (κ3) is 1.98. The molecular formula is C13H9N5O. The van der Waals surface area contributed by atoms with Gasteiger partial charge in [0.1, 0.15) is 23.1 Å². The van der Waals surface area contributed by atoms with Crippen molar-refractivity contribution in [1.82, 2.24) is 15.0 Å².